The summed E-state index contributed by atoms with van der Waals surface area (Å²) in [5.74, 6) is 0.165. The molecule has 11 heteroatoms. The van der Waals surface area contributed by atoms with Crippen LogP contribution < -0.4 is 10.6 Å². The highest BCUT2D eigenvalue weighted by atomic mass is 32.1. The molecule has 0 aliphatic carbocycles. The average Bonchev–Trinajstić information content (AvgIpc) is 3.31. The van der Waals surface area contributed by atoms with Crippen LogP contribution in [0.15, 0.2) is 54.7 Å². The van der Waals surface area contributed by atoms with E-state index in [4.69, 9.17) is 4.74 Å². The van der Waals surface area contributed by atoms with Crippen LogP contribution in [-0.4, -0.2) is 82.4 Å². The molecule has 196 valence electrons. The van der Waals surface area contributed by atoms with Crippen molar-refractivity contribution in [2.45, 2.75) is 6.92 Å². The van der Waals surface area contributed by atoms with E-state index in [-0.39, 0.29) is 11.8 Å². The number of aromatic nitrogens is 3. The summed E-state index contributed by atoms with van der Waals surface area (Å²) in [7, 11) is 1.69. The van der Waals surface area contributed by atoms with Crippen molar-refractivity contribution in [2.75, 3.05) is 57.1 Å². The largest absolute Gasteiger partial charge is 0.383 e. The van der Waals surface area contributed by atoms with Crippen LogP contribution in [0.3, 0.4) is 0 Å². The van der Waals surface area contributed by atoms with Crippen LogP contribution in [0.4, 0.5) is 16.5 Å². The Balaban J connectivity index is 1.26. The summed E-state index contributed by atoms with van der Waals surface area (Å²) in [5.41, 5.74) is 3.65. The zero-order valence-corrected chi connectivity index (χ0v) is 22.1. The molecule has 0 bridgehead atoms. The molecule has 1 fully saturated rings. The van der Waals surface area contributed by atoms with Gasteiger partial charge in [0.25, 0.3) is 11.8 Å². The van der Waals surface area contributed by atoms with Crippen molar-refractivity contribution in [1.29, 1.82) is 0 Å². The van der Waals surface area contributed by atoms with Gasteiger partial charge in [-0.05, 0) is 48.8 Å². The quantitative estimate of drug-likeness (QED) is 0.353. The van der Waals surface area contributed by atoms with Gasteiger partial charge in [-0.15, -0.1) is 0 Å². The van der Waals surface area contributed by atoms with Gasteiger partial charge in [0.15, 0.2) is 0 Å². The van der Waals surface area contributed by atoms with Gasteiger partial charge in [0.1, 0.15) is 10.8 Å². The molecule has 5 rings (SSSR count). The number of hydrogen-bond acceptors (Lipinski definition) is 9. The van der Waals surface area contributed by atoms with E-state index < -0.39 is 0 Å². The molecule has 2 N–H and O–H groups in total. The Morgan fingerprint density at radius 3 is 2.63 bits per heavy atom. The van der Waals surface area contributed by atoms with E-state index in [1.54, 1.807) is 44.5 Å². The number of ether oxygens (including phenoxy) is 1. The predicted octanol–water partition coefficient (Wildman–Crippen LogP) is 3.79. The normalized spacial score (nSPS) is 14.0. The van der Waals surface area contributed by atoms with Crippen molar-refractivity contribution < 1.29 is 14.3 Å². The molecule has 4 aromatic rings. The number of benzene rings is 2. The van der Waals surface area contributed by atoms with Crippen molar-refractivity contribution in [3.63, 3.8) is 0 Å². The predicted molar refractivity (Wildman–Crippen MR) is 148 cm³/mol. The second-order valence-corrected chi connectivity index (χ2v) is 9.78. The number of fused-ring (bicyclic) bond motifs is 1. The van der Waals surface area contributed by atoms with E-state index in [9.17, 15) is 9.59 Å². The average molecular weight is 532 g/mol. The van der Waals surface area contributed by atoms with E-state index >= 15 is 0 Å². The van der Waals surface area contributed by atoms with Gasteiger partial charge in [-0.1, -0.05) is 18.2 Å². The van der Waals surface area contributed by atoms with Gasteiger partial charge < -0.3 is 20.3 Å². The molecule has 38 heavy (non-hydrogen) atoms. The van der Waals surface area contributed by atoms with Crippen molar-refractivity contribution in [3.05, 3.63) is 71.5 Å². The second kappa shape index (κ2) is 11.6. The number of methoxy groups -OCH3 is 1. The molecule has 0 atom stereocenters. The highest BCUT2D eigenvalue weighted by molar-refractivity contribution is 7.10. The maximum atomic E-state index is 13.3. The van der Waals surface area contributed by atoms with Crippen LogP contribution in [0.1, 0.15) is 26.4 Å². The lowest BCUT2D eigenvalue weighted by Gasteiger charge is -2.34. The maximum Gasteiger partial charge on any atom is 0.260 e. The Labute approximate surface area is 224 Å². The molecule has 2 aromatic heterocycles. The number of aryl methyl sites for hydroxylation is 1. The fraction of sp³-hybridized carbons (Fsp3) is 0.296. The SMILES string of the molecule is COCCN1CCN(C(=O)c2cccc(NC(=O)c3c(C)nsc3Nc3cnc4ccccc4n3)c2)CC1. The number of carbonyl (C=O) groups excluding carboxylic acids is 2. The third-order valence-corrected chi connectivity index (χ3v) is 7.27. The number of hydrogen-bond donors (Lipinski definition) is 2. The van der Waals surface area contributed by atoms with Crippen LogP contribution in [0.25, 0.3) is 11.0 Å². The summed E-state index contributed by atoms with van der Waals surface area (Å²) >= 11 is 1.18. The van der Waals surface area contributed by atoms with Gasteiger partial charge in [-0.2, -0.15) is 4.37 Å². The van der Waals surface area contributed by atoms with E-state index in [0.29, 0.717) is 53.0 Å². The highest BCUT2D eigenvalue weighted by Crippen LogP contribution is 2.29. The van der Waals surface area contributed by atoms with E-state index in [1.807, 2.05) is 29.2 Å². The molecule has 3 heterocycles. The van der Waals surface area contributed by atoms with Gasteiger partial charge in [-0.25, -0.2) is 4.98 Å². The van der Waals surface area contributed by atoms with Crippen LogP contribution in [0.5, 0.6) is 0 Å². The monoisotopic (exact) mass is 531 g/mol. The Bertz CT molecular complexity index is 1450. The van der Waals surface area contributed by atoms with Crippen molar-refractivity contribution >= 4 is 50.9 Å². The number of nitrogens with one attached hydrogen (secondary N) is 2. The maximum absolute atomic E-state index is 13.3. The minimum absolute atomic E-state index is 0.0434. The van der Waals surface area contributed by atoms with Crippen molar-refractivity contribution in [3.8, 4) is 0 Å². The Hall–Kier alpha value is -3.93. The molecular formula is C27H29N7O3S. The first-order valence-electron chi connectivity index (χ1n) is 12.4. The number of anilines is 3. The smallest absolute Gasteiger partial charge is 0.260 e. The molecule has 1 aliphatic heterocycles. The summed E-state index contributed by atoms with van der Waals surface area (Å²) in [6.07, 6.45) is 1.63. The summed E-state index contributed by atoms with van der Waals surface area (Å²) in [4.78, 5) is 39.6. The summed E-state index contributed by atoms with van der Waals surface area (Å²) in [6.45, 7) is 6.27. The zero-order chi connectivity index (χ0) is 26.5. The molecule has 1 aliphatic rings. The van der Waals surface area contributed by atoms with E-state index in [2.05, 4.69) is 29.9 Å². The lowest BCUT2D eigenvalue weighted by atomic mass is 10.1. The van der Waals surface area contributed by atoms with Crippen LogP contribution >= 0.6 is 11.5 Å². The molecule has 2 amide bonds. The standard InChI is InChI=1S/C27H29N7O3S/c1-18-24(26(38-32-18)31-23-17-28-21-8-3-4-9-22(21)30-23)25(35)29-20-7-5-6-19(16-20)27(36)34-12-10-33(11-13-34)14-15-37-2/h3-9,16-17H,10-15H2,1-2H3,(H,29,35)(H,30,31). The Morgan fingerprint density at radius 1 is 1.05 bits per heavy atom. The number of nitrogens with zero attached hydrogens (tertiary/aromatic N) is 5. The lowest BCUT2D eigenvalue weighted by Crippen LogP contribution is -2.49. The molecule has 2 aromatic carbocycles. The minimum atomic E-state index is -0.316. The second-order valence-electron chi connectivity index (χ2n) is 9.00. The summed E-state index contributed by atoms with van der Waals surface area (Å²) < 4.78 is 9.52. The van der Waals surface area contributed by atoms with Crippen LogP contribution in [-0.2, 0) is 4.74 Å². The molecule has 0 unspecified atom stereocenters. The Morgan fingerprint density at radius 2 is 1.84 bits per heavy atom. The molecule has 1 saturated heterocycles. The van der Waals surface area contributed by atoms with Gasteiger partial charge >= 0.3 is 0 Å². The number of piperazine rings is 1. The molecule has 0 radical (unpaired) electrons. The van der Waals surface area contributed by atoms with E-state index in [1.165, 1.54) is 11.5 Å². The first-order chi connectivity index (χ1) is 18.5. The first-order valence-corrected chi connectivity index (χ1v) is 13.2. The lowest BCUT2D eigenvalue weighted by molar-refractivity contribution is 0.0594. The fourth-order valence-electron chi connectivity index (χ4n) is 4.36. The number of rotatable bonds is 8. The zero-order valence-electron chi connectivity index (χ0n) is 21.3. The van der Waals surface area contributed by atoms with Gasteiger partial charge in [-0.3, -0.25) is 19.5 Å². The Kier molecular flexibility index (Phi) is 7.87. The van der Waals surface area contributed by atoms with Gasteiger partial charge in [0, 0.05) is 51.1 Å². The fourth-order valence-corrected chi connectivity index (χ4v) is 5.16. The number of para-hydroxylation sites is 2. The third kappa shape index (κ3) is 5.80. The summed E-state index contributed by atoms with van der Waals surface area (Å²) in [6, 6.07) is 14.6. The van der Waals surface area contributed by atoms with Crippen molar-refractivity contribution in [2.24, 2.45) is 0 Å². The van der Waals surface area contributed by atoms with Gasteiger partial charge in [0.05, 0.1) is 35.1 Å². The minimum Gasteiger partial charge on any atom is -0.383 e. The molecule has 0 spiro atoms. The number of carbonyl (C=O) groups is 2. The first kappa shape index (κ1) is 25.7. The molecule has 10 nitrogen and oxygen atoms in total. The third-order valence-electron chi connectivity index (χ3n) is 6.42. The highest BCUT2D eigenvalue weighted by Gasteiger charge is 2.23. The van der Waals surface area contributed by atoms with Crippen molar-refractivity contribution in [1.82, 2.24) is 24.1 Å². The molecular weight excluding hydrogens is 502 g/mol. The van der Waals surface area contributed by atoms with Crippen LogP contribution in [0.2, 0.25) is 0 Å². The van der Waals surface area contributed by atoms with E-state index in [0.717, 1.165) is 30.7 Å². The van der Waals surface area contributed by atoms with Gasteiger partial charge in [0.2, 0.25) is 0 Å². The van der Waals surface area contributed by atoms with Crippen LogP contribution in [0, 0.1) is 6.92 Å². The molecule has 0 saturated carbocycles. The summed E-state index contributed by atoms with van der Waals surface area (Å²) in [5, 5.41) is 6.69. The topological polar surface area (TPSA) is 113 Å². The number of amides is 2.